The van der Waals surface area contributed by atoms with Gasteiger partial charge in [-0.1, -0.05) is 39.7 Å². The van der Waals surface area contributed by atoms with E-state index in [4.69, 9.17) is 9.47 Å². The summed E-state index contributed by atoms with van der Waals surface area (Å²) in [5.74, 6) is 2.83. The molecule has 0 aromatic heterocycles. The molecule has 0 radical (unpaired) electrons. The molecule has 21 heavy (non-hydrogen) atoms. The topological polar surface area (TPSA) is 30.5 Å². The van der Waals surface area contributed by atoms with Gasteiger partial charge in [0.25, 0.3) is 0 Å². The molecule has 1 unspecified atom stereocenters. The quantitative estimate of drug-likeness (QED) is 0.655. The summed E-state index contributed by atoms with van der Waals surface area (Å²) < 4.78 is 10.8. The van der Waals surface area contributed by atoms with Crippen LogP contribution in [0, 0.1) is 5.92 Å². The van der Waals surface area contributed by atoms with Crippen molar-refractivity contribution in [3.8, 4) is 11.5 Å². The number of rotatable bonds is 10. The molecule has 0 aliphatic rings. The number of nitrogens with one attached hydrogen (secondary N) is 1. The zero-order chi connectivity index (χ0) is 15.7. The highest BCUT2D eigenvalue weighted by atomic mass is 16.5. The molecule has 1 atom stereocenters. The Labute approximate surface area is 130 Å². The van der Waals surface area contributed by atoms with Crippen LogP contribution in [0.5, 0.6) is 11.5 Å². The fraction of sp³-hybridized carbons (Fsp3) is 0.667. The van der Waals surface area contributed by atoms with Crippen molar-refractivity contribution in [2.75, 3.05) is 27.3 Å². The predicted molar refractivity (Wildman–Crippen MR) is 89.5 cm³/mol. The van der Waals surface area contributed by atoms with Crippen LogP contribution in [0.1, 0.15) is 51.5 Å². The Balaban J connectivity index is 3.00. The minimum absolute atomic E-state index is 0.520. The van der Waals surface area contributed by atoms with E-state index >= 15 is 0 Å². The van der Waals surface area contributed by atoms with Crippen molar-refractivity contribution >= 4 is 0 Å². The highest BCUT2D eigenvalue weighted by Crippen LogP contribution is 2.35. The molecule has 0 heterocycles. The van der Waals surface area contributed by atoms with Crippen LogP contribution in [-0.2, 0) is 0 Å². The van der Waals surface area contributed by atoms with Gasteiger partial charge >= 0.3 is 0 Å². The van der Waals surface area contributed by atoms with Crippen molar-refractivity contribution in [3.05, 3.63) is 23.8 Å². The lowest BCUT2D eigenvalue weighted by Gasteiger charge is -2.27. The third-order valence-electron chi connectivity index (χ3n) is 4.24. The zero-order valence-corrected chi connectivity index (χ0v) is 14.2. The van der Waals surface area contributed by atoms with Crippen LogP contribution in [0.4, 0.5) is 0 Å². The van der Waals surface area contributed by atoms with E-state index in [1.807, 2.05) is 6.07 Å². The van der Waals surface area contributed by atoms with Gasteiger partial charge in [-0.2, -0.15) is 0 Å². The summed E-state index contributed by atoms with van der Waals surface area (Å²) in [4.78, 5) is 0. The average Bonchev–Trinajstić information content (AvgIpc) is 2.53. The van der Waals surface area contributed by atoms with E-state index in [9.17, 15) is 0 Å². The Morgan fingerprint density at radius 2 is 1.67 bits per heavy atom. The van der Waals surface area contributed by atoms with Crippen LogP contribution in [0.25, 0.3) is 0 Å². The van der Waals surface area contributed by atoms with Gasteiger partial charge < -0.3 is 14.8 Å². The lowest BCUT2D eigenvalue weighted by molar-refractivity contribution is 0.350. The van der Waals surface area contributed by atoms with Gasteiger partial charge in [0, 0.05) is 6.54 Å². The van der Waals surface area contributed by atoms with Gasteiger partial charge in [-0.25, -0.2) is 0 Å². The van der Waals surface area contributed by atoms with E-state index in [0.29, 0.717) is 11.8 Å². The molecule has 0 saturated heterocycles. The summed E-state index contributed by atoms with van der Waals surface area (Å²) in [6.07, 6.45) is 3.56. The first kappa shape index (κ1) is 17.8. The van der Waals surface area contributed by atoms with E-state index in [0.717, 1.165) is 24.6 Å². The van der Waals surface area contributed by atoms with Gasteiger partial charge in [-0.3, -0.25) is 0 Å². The van der Waals surface area contributed by atoms with Crippen LogP contribution in [0.3, 0.4) is 0 Å². The smallest absolute Gasteiger partial charge is 0.160 e. The number of ether oxygens (including phenoxy) is 2. The first-order valence-corrected chi connectivity index (χ1v) is 8.14. The Morgan fingerprint density at radius 3 is 2.19 bits per heavy atom. The molecule has 0 saturated carbocycles. The van der Waals surface area contributed by atoms with E-state index in [1.54, 1.807) is 14.2 Å². The SMILES string of the molecule is CCCNCC(c1ccc(OC)c(OC)c1)C(CC)CC. The Bertz CT molecular complexity index is 402. The number of hydrogen-bond donors (Lipinski definition) is 1. The summed E-state index contributed by atoms with van der Waals surface area (Å²) in [5.41, 5.74) is 1.34. The number of benzene rings is 1. The maximum absolute atomic E-state index is 5.45. The summed E-state index contributed by atoms with van der Waals surface area (Å²) in [6, 6.07) is 6.33. The molecular formula is C18H31NO2. The first-order chi connectivity index (χ1) is 10.2. The third-order valence-corrected chi connectivity index (χ3v) is 4.24. The average molecular weight is 293 g/mol. The van der Waals surface area contributed by atoms with Crippen LogP contribution >= 0.6 is 0 Å². The van der Waals surface area contributed by atoms with E-state index in [1.165, 1.54) is 24.8 Å². The predicted octanol–water partition coefficient (Wildman–Crippen LogP) is 4.22. The minimum Gasteiger partial charge on any atom is -0.493 e. The van der Waals surface area contributed by atoms with Crippen molar-refractivity contribution in [1.82, 2.24) is 5.32 Å². The molecule has 0 fully saturated rings. The van der Waals surface area contributed by atoms with Gasteiger partial charge in [0.15, 0.2) is 11.5 Å². The van der Waals surface area contributed by atoms with Crippen LogP contribution in [0.2, 0.25) is 0 Å². The molecule has 0 aliphatic carbocycles. The number of methoxy groups -OCH3 is 2. The van der Waals surface area contributed by atoms with E-state index in [2.05, 4.69) is 38.2 Å². The molecule has 1 aromatic carbocycles. The lowest BCUT2D eigenvalue weighted by Crippen LogP contribution is -2.27. The molecule has 0 aliphatic heterocycles. The molecule has 0 bridgehead atoms. The molecule has 1 rings (SSSR count). The fourth-order valence-corrected chi connectivity index (χ4v) is 2.93. The highest BCUT2D eigenvalue weighted by molar-refractivity contribution is 5.44. The summed E-state index contributed by atoms with van der Waals surface area (Å²) in [6.45, 7) is 8.86. The van der Waals surface area contributed by atoms with Gasteiger partial charge in [0.2, 0.25) is 0 Å². The number of hydrogen-bond acceptors (Lipinski definition) is 3. The van der Waals surface area contributed by atoms with Crippen molar-refractivity contribution in [1.29, 1.82) is 0 Å². The van der Waals surface area contributed by atoms with Crippen molar-refractivity contribution in [3.63, 3.8) is 0 Å². The maximum Gasteiger partial charge on any atom is 0.160 e. The van der Waals surface area contributed by atoms with E-state index in [-0.39, 0.29) is 0 Å². The first-order valence-electron chi connectivity index (χ1n) is 8.14. The Hall–Kier alpha value is -1.22. The highest BCUT2D eigenvalue weighted by Gasteiger charge is 2.21. The van der Waals surface area contributed by atoms with Crippen LogP contribution in [-0.4, -0.2) is 27.3 Å². The second kappa shape index (κ2) is 9.67. The largest absolute Gasteiger partial charge is 0.493 e. The van der Waals surface area contributed by atoms with Gasteiger partial charge in [0.05, 0.1) is 14.2 Å². The van der Waals surface area contributed by atoms with Crippen molar-refractivity contribution in [2.45, 2.75) is 46.0 Å². The molecular weight excluding hydrogens is 262 g/mol. The lowest BCUT2D eigenvalue weighted by atomic mass is 9.82. The molecule has 3 heteroatoms. The van der Waals surface area contributed by atoms with Crippen molar-refractivity contribution in [2.24, 2.45) is 5.92 Å². The molecule has 120 valence electrons. The maximum atomic E-state index is 5.45. The molecule has 3 nitrogen and oxygen atoms in total. The normalized spacial score (nSPS) is 12.5. The Kier molecular flexibility index (Phi) is 8.21. The third kappa shape index (κ3) is 4.92. The molecule has 0 amide bonds. The summed E-state index contributed by atoms with van der Waals surface area (Å²) in [7, 11) is 3.38. The van der Waals surface area contributed by atoms with Crippen LogP contribution in [0.15, 0.2) is 18.2 Å². The van der Waals surface area contributed by atoms with Gasteiger partial charge in [0.1, 0.15) is 0 Å². The zero-order valence-electron chi connectivity index (χ0n) is 14.2. The molecule has 0 spiro atoms. The summed E-state index contributed by atoms with van der Waals surface area (Å²) in [5, 5.41) is 3.58. The van der Waals surface area contributed by atoms with Crippen molar-refractivity contribution < 1.29 is 9.47 Å². The Morgan fingerprint density at radius 1 is 1.00 bits per heavy atom. The monoisotopic (exact) mass is 293 g/mol. The second-order valence-electron chi connectivity index (χ2n) is 5.50. The standard InChI is InChI=1S/C18H31NO2/c1-6-11-19-13-16(14(7-2)8-3)15-9-10-17(20-4)18(12-15)21-5/h9-10,12,14,16,19H,6-8,11,13H2,1-5H3. The van der Waals surface area contributed by atoms with E-state index < -0.39 is 0 Å². The molecule has 1 aromatic rings. The van der Waals surface area contributed by atoms with Crippen LogP contribution < -0.4 is 14.8 Å². The summed E-state index contributed by atoms with van der Waals surface area (Å²) >= 11 is 0. The fourth-order valence-electron chi connectivity index (χ4n) is 2.93. The van der Waals surface area contributed by atoms with Gasteiger partial charge in [-0.05, 0) is 42.5 Å². The second-order valence-corrected chi connectivity index (χ2v) is 5.50. The van der Waals surface area contributed by atoms with Gasteiger partial charge in [-0.15, -0.1) is 0 Å². The molecule has 1 N–H and O–H groups in total. The minimum atomic E-state index is 0.520.